The Morgan fingerprint density at radius 3 is 2.45 bits per heavy atom. The SMILES string of the molecule is CCC(C)(C)NC(=S)N/N=C\c1ccccc1SC(C)(C)C. The number of nitrogens with one attached hydrogen (secondary N) is 2. The second-order valence-electron chi connectivity index (χ2n) is 6.81. The van der Waals surface area contributed by atoms with E-state index in [-0.39, 0.29) is 10.3 Å². The van der Waals surface area contributed by atoms with Crippen LogP contribution in [0.1, 0.15) is 53.5 Å². The lowest BCUT2D eigenvalue weighted by Gasteiger charge is -2.25. The minimum atomic E-state index is -0.0282. The molecule has 1 aromatic carbocycles. The quantitative estimate of drug-likeness (QED) is 0.357. The van der Waals surface area contributed by atoms with Crippen LogP contribution in [0.4, 0.5) is 0 Å². The summed E-state index contributed by atoms with van der Waals surface area (Å²) in [6.07, 6.45) is 2.81. The average molecular weight is 338 g/mol. The molecule has 3 nitrogen and oxygen atoms in total. The van der Waals surface area contributed by atoms with Gasteiger partial charge in [-0.2, -0.15) is 5.10 Å². The lowest BCUT2D eigenvalue weighted by atomic mass is 10.0. The largest absolute Gasteiger partial charge is 0.356 e. The highest BCUT2D eigenvalue weighted by Crippen LogP contribution is 2.33. The molecule has 0 saturated carbocycles. The van der Waals surface area contributed by atoms with Crippen LogP contribution < -0.4 is 10.7 Å². The molecule has 1 rings (SSSR count). The van der Waals surface area contributed by atoms with Crippen molar-refractivity contribution in [1.29, 1.82) is 0 Å². The third-order valence-electron chi connectivity index (χ3n) is 3.04. The zero-order valence-corrected chi connectivity index (χ0v) is 16.0. The van der Waals surface area contributed by atoms with Crippen molar-refractivity contribution in [2.45, 2.75) is 63.1 Å². The number of benzene rings is 1. The fraction of sp³-hybridized carbons (Fsp3) is 0.529. The molecule has 0 aliphatic carbocycles. The van der Waals surface area contributed by atoms with Gasteiger partial charge in [-0.25, -0.2) is 0 Å². The Bertz CT molecular complexity index is 531. The third kappa shape index (κ3) is 7.27. The molecule has 0 aliphatic rings. The van der Waals surface area contributed by atoms with Crippen molar-refractivity contribution in [3.63, 3.8) is 0 Å². The van der Waals surface area contributed by atoms with Crippen LogP contribution in [0.2, 0.25) is 0 Å². The van der Waals surface area contributed by atoms with E-state index in [0.717, 1.165) is 12.0 Å². The van der Waals surface area contributed by atoms with Crippen LogP contribution in [0.3, 0.4) is 0 Å². The minimum absolute atomic E-state index is 0.0282. The van der Waals surface area contributed by atoms with Crippen molar-refractivity contribution < 1.29 is 0 Å². The van der Waals surface area contributed by atoms with E-state index < -0.39 is 0 Å². The zero-order valence-electron chi connectivity index (χ0n) is 14.4. The van der Waals surface area contributed by atoms with Crippen molar-refractivity contribution in [2.24, 2.45) is 5.10 Å². The molecule has 122 valence electrons. The van der Waals surface area contributed by atoms with E-state index in [2.05, 4.69) is 75.6 Å². The number of rotatable bonds is 5. The van der Waals surface area contributed by atoms with Crippen LogP contribution in [0, 0.1) is 0 Å². The molecule has 2 N–H and O–H groups in total. The monoisotopic (exact) mass is 337 g/mol. The van der Waals surface area contributed by atoms with Gasteiger partial charge in [0.05, 0.1) is 6.21 Å². The Kier molecular flexibility index (Phi) is 6.88. The van der Waals surface area contributed by atoms with Crippen LogP contribution >= 0.6 is 24.0 Å². The molecule has 0 spiro atoms. The summed E-state index contributed by atoms with van der Waals surface area (Å²) in [4.78, 5) is 1.22. The molecule has 0 radical (unpaired) electrons. The number of hydrogen-bond donors (Lipinski definition) is 2. The first-order valence-corrected chi connectivity index (χ1v) is 8.75. The predicted molar refractivity (Wildman–Crippen MR) is 103 cm³/mol. The normalized spacial score (nSPS) is 12.5. The molecule has 1 aromatic rings. The van der Waals surface area contributed by atoms with Gasteiger partial charge in [-0.1, -0.05) is 45.9 Å². The molecular formula is C17H27N3S2. The molecule has 0 saturated heterocycles. The molecule has 0 aromatic heterocycles. The standard InChI is InChI=1S/C17H27N3S2/c1-7-17(5,6)19-15(21)20-18-12-13-10-8-9-11-14(13)22-16(2,3)4/h8-12H,7H2,1-6H3,(H2,19,20,21)/b18-12-. The van der Waals surface area contributed by atoms with Crippen molar-refractivity contribution in [3.05, 3.63) is 29.8 Å². The number of hydrazone groups is 1. The van der Waals surface area contributed by atoms with Gasteiger partial charge in [-0.15, -0.1) is 11.8 Å². The highest BCUT2D eigenvalue weighted by atomic mass is 32.2. The molecule has 0 unspecified atom stereocenters. The number of hydrogen-bond acceptors (Lipinski definition) is 3. The van der Waals surface area contributed by atoms with E-state index in [9.17, 15) is 0 Å². The summed E-state index contributed by atoms with van der Waals surface area (Å²) in [7, 11) is 0. The Hall–Kier alpha value is -1.07. The lowest BCUT2D eigenvalue weighted by molar-refractivity contribution is 0.443. The fourth-order valence-corrected chi connectivity index (χ4v) is 2.97. The van der Waals surface area contributed by atoms with Gasteiger partial charge in [0.1, 0.15) is 0 Å². The predicted octanol–water partition coefficient (Wildman–Crippen LogP) is 4.56. The second kappa shape index (κ2) is 7.97. The molecular weight excluding hydrogens is 310 g/mol. The van der Waals surface area contributed by atoms with Crippen LogP contribution in [-0.4, -0.2) is 21.6 Å². The third-order valence-corrected chi connectivity index (χ3v) is 4.44. The topological polar surface area (TPSA) is 36.4 Å². The molecule has 0 atom stereocenters. The van der Waals surface area contributed by atoms with Gasteiger partial charge in [0, 0.05) is 20.7 Å². The summed E-state index contributed by atoms with van der Waals surface area (Å²) in [5.41, 5.74) is 3.95. The van der Waals surface area contributed by atoms with Crippen molar-refractivity contribution in [3.8, 4) is 0 Å². The van der Waals surface area contributed by atoms with Crippen LogP contribution in [-0.2, 0) is 0 Å². The van der Waals surface area contributed by atoms with Crippen molar-refractivity contribution in [1.82, 2.24) is 10.7 Å². The Balaban J connectivity index is 2.69. The van der Waals surface area contributed by atoms with E-state index in [0.29, 0.717) is 5.11 Å². The molecule has 0 aliphatic heterocycles. The van der Waals surface area contributed by atoms with Crippen molar-refractivity contribution in [2.75, 3.05) is 0 Å². The van der Waals surface area contributed by atoms with Gasteiger partial charge < -0.3 is 5.32 Å². The highest BCUT2D eigenvalue weighted by molar-refractivity contribution is 8.00. The van der Waals surface area contributed by atoms with E-state index >= 15 is 0 Å². The molecule has 0 amide bonds. The Morgan fingerprint density at radius 1 is 1.23 bits per heavy atom. The van der Waals surface area contributed by atoms with Gasteiger partial charge in [0.2, 0.25) is 0 Å². The maximum absolute atomic E-state index is 5.26. The van der Waals surface area contributed by atoms with Gasteiger partial charge >= 0.3 is 0 Å². The van der Waals surface area contributed by atoms with Gasteiger partial charge in [-0.05, 0) is 38.6 Å². The Morgan fingerprint density at radius 2 is 1.86 bits per heavy atom. The van der Waals surface area contributed by atoms with Crippen LogP contribution in [0.5, 0.6) is 0 Å². The van der Waals surface area contributed by atoms with Gasteiger partial charge in [0.25, 0.3) is 0 Å². The number of thiocarbonyl (C=S) groups is 1. The molecule has 22 heavy (non-hydrogen) atoms. The van der Waals surface area contributed by atoms with Crippen molar-refractivity contribution >= 4 is 35.3 Å². The first-order chi connectivity index (χ1) is 10.1. The average Bonchev–Trinajstić information content (AvgIpc) is 2.38. The number of thioether (sulfide) groups is 1. The highest BCUT2D eigenvalue weighted by Gasteiger charge is 2.15. The lowest BCUT2D eigenvalue weighted by Crippen LogP contribution is -2.46. The molecule has 0 bridgehead atoms. The molecule has 0 fully saturated rings. The van der Waals surface area contributed by atoms with Crippen LogP contribution in [0.25, 0.3) is 0 Å². The second-order valence-corrected chi connectivity index (χ2v) is 9.09. The first-order valence-electron chi connectivity index (χ1n) is 7.52. The first kappa shape index (κ1) is 19.0. The smallest absolute Gasteiger partial charge is 0.187 e. The number of nitrogens with zero attached hydrogens (tertiary/aromatic N) is 1. The van der Waals surface area contributed by atoms with Gasteiger partial charge in [-0.3, -0.25) is 5.43 Å². The maximum Gasteiger partial charge on any atom is 0.187 e. The maximum atomic E-state index is 5.26. The molecule has 0 heterocycles. The zero-order chi connectivity index (χ0) is 16.8. The van der Waals surface area contributed by atoms with E-state index in [4.69, 9.17) is 12.2 Å². The minimum Gasteiger partial charge on any atom is -0.356 e. The van der Waals surface area contributed by atoms with E-state index in [1.165, 1.54) is 4.90 Å². The summed E-state index contributed by atoms with van der Waals surface area (Å²) in [5.74, 6) is 0. The summed E-state index contributed by atoms with van der Waals surface area (Å²) >= 11 is 7.10. The van der Waals surface area contributed by atoms with Crippen LogP contribution in [0.15, 0.2) is 34.3 Å². The summed E-state index contributed by atoms with van der Waals surface area (Å²) < 4.78 is 0.166. The molecule has 5 heteroatoms. The Labute approximate surface area is 144 Å². The van der Waals surface area contributed by atoms with Gasteiger partial charge in [0.15, 0.2) is 5.11 Å². The summed E-state index contributed by atoms with van der Waals surface area (Å²) in [5, 5.41) is 8.05. The fourth-order valence-electron chi connectivity index (χ4n) is 1.59. The van der Waals surface area contributed by atoms with E-state index in [1.54, 1.807) is 0 Å². The summed E-state index contributed by atoms with van der Waals surface area (Å²) in [6.45, 7) is 13.0. The van der Waals surface area contributed by atoms with E-state index in [1.807, 2.05) is 24.0 Å². The summed E-state index contributed by atoms with van der Waals surface area (Å²) in [6, 6.07) is 8.25.